The number of nitrogens with zero attached hydrogens (tertiary/aromatic N) is 1. The van der Waals surface area contributed by atoms with Crippen LogP contribution in [0.3, 0.4) is 0 Å². The van der Waals surface area contributed by atoms with Crippen LogP contribution in [0.15, 0.2) is 24.3 Å². The van der Waals surface area contributed by atoms with Gasteiger partial charge in [-0.25, -0.2) is 4.39 Å². The molecule has 2 nitrogen and oxygen atoms in total. The number of nitriles is 1. The zero-order valence-corrected chi connectivity index (χ0v) is 8.11. The van der Waals surface area contributed by atoms with Crippen LogP contribution in [-0.2, 0) is 4.79 Å². The Morgan fingerprint density at radius 2 is 2.00 bits per heavy atom. The van der Waals surface area contributed by atoms with Crippen LogP contribution in [0, 0.1) is 23.1 Å². The van der Waals surface area contributed by atoms with Gasteiger partial charge in [0.15, 0.2) is 0 Å². The second kappa shape index (κ2) is 3.82. The lowest BCUT2D eigenvalue weighted by molar-refractivity contribution is -0.118. The Balaban J connectivity index is 2.33. The Morgan fingerprint density at radius 1 is 1.33 bits per heavy atom. The third-order valence-electron chi connectivity index (χ3n) is 2.85. The first kappa shape index (κ1) is 9.85. The summed E-state index contributed by atoms with van der Waals surface area (Å²) in [6, 6.07) is 7.98. The molecule has 0 saturated heterocycles. The lowest BCUT2D eigenvalue weighted by atomic mass is 9.89. The fourth-order valence-corrected chi connectivity index (χ4v) is 2.07. The van der Waals surface area contributed by atoms with E-state index in [0.29, 0.717) is 12.8 Å². The average Bonchev–Trinajstić information content (AvgIpc) is 2.61. The summed E-state index contributed by atoms with van der Waals surface area (Å²) in [5.41, 5.74) is 0.755. The summed E-state index contributed by atoms with van der Waals surface area (Å²) >= 11 is 0. The summed E-state index contributed by atoms with van der Waals surface area (Å²) in [4.78, 5) is 11.6. The Hall–Kier alpha value is -1.69. The van der Waals surface area contributed by atoms with Crippen molar-refractivity contribution < 1.29 is 9.18 Å². The van der Waals surface area contributed by atoms with Crippen molar-refractivity contribution >= 4 is 5.78 Å². The standard InChI is InChI=1S/C12H10FNO/c13-10-4-1-8(2-5-10)12-9(7-14)3-6-11(12)15/h1-2,4-5,9,12H,3,6H2. The first-order chi connectivity index (χ1) is 7.22. The second-order valence-electron chi connectivity index (χ2n) is 3.77. The molecule has 15 heavy (non-hydrogen) atoms. The van der Waals surface area contributed by atoms with E-state index in [-0.39, 0.29) is 23.4 Å². The van der Waals surface area contributed by atoms with Crippen LogP contribution in [-0.4, -0.2) is 5.78 Å². The summed E-state index contributed by atoms with van der Waals surface area (Å²) in [5, 5.41) is 8.89. The largest absolute Gasteiger partial charge is 0.299 e. The molecule has 0 aliphatic heterocycles. The van der Waals surface area contributed by atoms with Crippen molar-refractivity contribution in [2.45, 2.75) is 18.8 Å². The molecule has 76 valence electrons. The first-order valence-corrected chi connectivity index (χ1v) is 4.90. The molecule has 0 spiro atoms. The van der Waals surface area contributed by atoms with E-state index in [1.54, 1.807) is 12.1 Å². The Kier molecular flexibility index (Phi) is 2.51. The van der Waals surface area contributed by atoms with Crippen molar-refractivity contribution in [3.05, 3.63) is 35.6 Å². The number of hydrogen-bond acceptors (Lipinski definition) is 2. The van der Waals surface area contributed by atoms with Gasteiger partial charge in [-0.3, -0.25) is 4.79 Å². The SMILES string of the molecule is N#CC1CCC(=O)C1c1ccc(F)cc1. The molecule has 2 atom stereocenters. The minimum Gasteiger partial charge on any atom is -0.299 e. The maximum absolute atomic E-state index is 12.7. The number of benzene rings is 1. The van der Waals surface area contributed by atoms with E-state index < -0.39 is 0 Å². The highest BCUT2D eigenvalue weighted by atomic mass is 19.1. The third-order valence-corrected chi connectivity index (χ3v) is 2.85. The van der Waals surface area contributed by atoms with Crippen LogP contribution in [0.2, 0.25) is 0 Å². The molecule has 0 bridgehead atoms. The Morgan fingerprint density at radius 3 is 2.60 bits per heavy atom. The molecule has 1 aliphatic carbocycles. The molecule has 0 N–H and O–H groups in total. The van der Waals surface area contributed by atoms with E-state index in [1.165, 1.54) is 12.1 Å². The van der Waals surface area contributed by atoms with E-state index in [9.17, 15) is 9.18 Å². The minimum atomic E-state index is -0.351. The van der Waals surface area contributed by atoms with Gasteiger partial charge in [0.05, 0.1) is 17.9 Å². The predicted octanol–water partition coefficient (Wildman–Crippen LogP) is 2.41. The van der Waals surface area contributed by atoms with E-state index in [2.05, 4.69) is 6.07 Å². The molecule has 1 saturated carbocycles. The van der Waals surface area contributed by atoms with Crippen LogP contribution in [0.5, 0.6) is 0 Å². The highest BCUT2D eigenvalue weighted by Gasteiger charge is 2.35. The van der Waals surface area contributed by atoms with Gasteiger partial charge in [0.25, 0.3) is 0 Å². The number of rotatable bonds is 1. The van der Waals surface area contributed by atoms with Gasteiger partial charge in [0, 0.05) is 6.42 Å². The monoisotopic (exact) mass is 203 g/mol. The van der Waals surface area contributed by atoms with Crippen LogP contribution >= 0.6 is 0 Å². The number of carbonyl (C=O) groups is 1. The molecule has 1 aliphatic rings. The Bertz CT molecular complexity index is 418. The lowest BCUT2D eigenvalue weighted by Gasteiger charge is -2.11. The maximum atomic E-state index is 12.7. The fraction of sp³-hybridized carbons (Fsp3) is 0.333. The van der Waals surface area contributed by atoms with Crippen molar-refractivity contribution in [2.24, 2.45) is 5.92 Å². The average molecular weight is 203 g/mol. The van der Waals surface area contributed by atoms with Gasteiger partial charge in [-0.1, -0.05) is 12.1 Å². The van der Waals surface area contributed by atoms with E-state index in [1.807, 2.05) is 0 Å². The molecule has 1 fully saturated rings. The van der Waals surface area contributed by atoms with Gasteiger partial charge < -0.3 is 0 Å². The van der Waals surface area contributed by atoms with Crippen LogP contribution in [0.4, 0.5) is 4.39 Å². The van der Waals surface area contributed by atoms with Gasteiger partial charge >= 0.3 is 0 Å². The summed E-state index contributed by atoms with van der Waals surface area (Å²) in [7, 11) is 0. The number of carbonyl (C=O) groups excluding carboxylic acids is 1. The molecular formula is C12H10FNO. The summed E-state index contributed by atoms with van der Waals surface area (Å²) < 4.78 is 12.7. The second-order valence-corrected chi connectivity index (χ2v) is 3.77. The number of ketones is 1. The van der Waals surface area contributed by atoms with Crippen LogP contribution in [0.1, 0.15) is 24.3 Å². The van der Waals surface area contributed by atoms with Crippen molar-refractivity contribution in [1.82, 2.24) is 0 Å². The Labute approximate surface area is 87.3 Å². The highest BCUT2D eigenvalue weighted by molar-refractivity contribution is 5.88. The molecule has 0 amide bonds. The topological polar surface area (TPSA) is 40.9 Å². The lowest BCUT2D eigenvalue weighted by Crippen LogP contribution is -2.11. The summed E-state index contributed by atoms with van der Waals surface area (Å²) in [6.07, 6.45) is 1.08. The first-order valence-electron chi connectivity index (χ1n) is 4.90. The normalized spacial score (nSPS) is 25.2. The molecule has 2 rings (SSSR count). The van der Waals surface area contributed by atoms with Gasteiger partial charge in [0.2, 0.25) is 0 Å². The predicted molar refractivity (Wildman–Crippen MR) is 52.5 cm³/mol. The molecule has 0 aromatic heterocycles. The fourth-order valence-electron chi connectivity index (χ4n) is 2.07. The number of halogens is 1. The molecule has 0 radical (unpaired) electrons. The van der Waals surface area contributed by atoms with Crippen molar-refractivity contribution in [1.29, 1.82) is 5.26 Å². The van der Waals surface area contributed by atoms with Gasteiger partial charge in [-0.2, -0.15) is 5.26 Å². The van der Waals surface area contributed by atoms with Crippen molar-refractivity contribution in [3.63, 3.8) is 0 Å². The van der Waals surface area contributed by atoms with Crippen LogP contribution < -0.4 is 0 Å². The summed E-state index contributed by atoms with van der Waals surface area (Å²) in [6.45, 7) is 0. The van der Waals surface area contributed by atoms with E-state index >= 15 is 0 Å². The van der Waals surface area contributed by atoms with Gasteiger partial charge in [0.1, 0.15) is 11.6 Å². The molecule has 3 heteroatoms. The quantitative estimate of drug-likeness (QED) is 0.703. The van der Waals surface area contributed by atoms with Gasteiger partial charge in [-0.15, -0.1) is 0 Å². The molecule has 2 unspecified atom stereocenters. The molecule has 1 aromatic rings. The van der Waals surface area contributed by atoms with Crippen molar-refractivity contribution in [2.75, 3.05) is 0 Å². The van der Waals surface area contributed by atoms with Crippen molar-refractivity contribution in [3.8, 4) is 6.07 Å². The highest BCUT2D eigenvalue weighted by Crippen LogP contribution is 2.36. The third kappa shape index (κ3) is 1.75. The van der Waals surface area contributed by atoms with Gasteiger partial charge in [-0.05, 0) is 24.1 Å². The zero-order chi connectivity index (χ0) is 10.8. The minimum absolute atomic E-state index is 0.0909. The smallest absolute Gasteiger partial charge is 0.141 e. The molecular weight excluding hydrogens is 193 g/mol. The van der Waals surface area contributed by atoms with E-state index in [0.717, 1.165) is 5.56 Å². The zero-order valence-electron chi connectivity index (χ0n) is 8.11. The number of hydrogen-bond donors (Lipinski definition) is 0. The van der Waals surface area contributed by atoms with Crippen LogP contribution in [0.25, 0.3) is 0 Å². The maximum Gasteiger partial charge on any atom is 0.141 e. The molecule has 0 heterocycles. The van der Waals surface area contributed by atoms with E-state index in [4.69, 9.17) is 5.26 Å². The summed E-state index contributed by atoms with van der Waals surface area (Å²) in [5.74, 6) is -0.829. The molecule has 1 aromatic carbocycles. The number of Topliss-reactive ketones (excluding diaryl/α,β-unsaturated/α-hetero) is 1.